The second-order valence-electron chi connectivity index (χ2n) is 6.82. The molecule has 1 aliphatic heterocycles. The summed E-state index contributed by atoms with van der Waals surface area (Å²) in [5, 5.41) is 3.82. The number of piperazine rings is 1. The zero-order chi connectivity index (χ0) is 20.2. The van der Waals surface area contributed by atoms with E-state index in [1.54, 1.807) is 24.2 Å². The van der Waals surface area contributed by atoms with Gasteiger partial charge in [0, 0.05) is 43.9 Å². The minimum atomic E-state index is -0.0979. The van der Waals surface area contributed by atoms with Gasteiger partial charge in [-0.2, -0.15) is 0 Å². The fraction of sp³-hybridized carbons (Fsp3) is 0.333. The molecule has 0 radical (unpaired) electrons. The molecule has 0 aliphatic carbocycles. The van der Waals surface area contributed by atoms with E-state index in [2.05, 4.69) is 20.0 Å². The van der Waals surface area contributed by atoms with Crippen LogP contribution >= 0.6 is 0 Å². The van der Waals surface area contributed by atoms with E-state index >= 15 is 0 Å². The van der Waals surface area contributed by atoms with Crippen molar-refractivity contribution < 1.29 is 14.1 Å². The van der Waals surface area contributed by atoms with E-state index in [0.717, 1.165) is 22.8 Å². The van der Waals surface area contributed by atoms with Crippen LogP contribution in [0.3, 0.4) is 0 Å². The maximum Gasteiger partial charge on any atom is 0.276 e. The Kier molecular flexibility index (Phi) is 5.41. The van der Waals surface area contributed by atoms with Crippen molar-refractivity contribution in [2.45, 2.75) is 13.8 Å². The molecule has 150 valence electrons. The Morgan fingerprint density at radius 2 is 1.86 bits per heavy atom. The summed E-state index contributed by atoms with van der Waals surface area (Å²) in [6.45, 7) is 6.98. The summed E-state index contributed by atoms with van der Waals surface area (Å²) < 4.78 is 10.5. The van der Waals surface area contributed by atoms with E-state index in [-0.39, 0.29) is 5.91 Å². The van der Waals surface area contributed by atoms with Gasteiger partial charge in [-0.05, 0) is 38.1 Å². The monoisotopic (exact) mass is 393 g/mol. The Balaban J connectivity index is 1.42. The van der Waals surface area contributed by atoms with Gasteiger partial charge in [0.15, 0.2) is 5.69 Å². The standard InChI is InChI=1S/C21H23N5O3/c1-3-28-17-6-4-16(5-7-17)18-13-20(23-14-22-18)25-8-10-26(11-9-25)21(27)19-12-15(2)29-24-19/h4-7,12-14H,3,8-11H2,1-2H3. The lowest BCUT2D eigenvalue weighted by molar-refractivity contribution is 0.0736. The van der Waals surface area contributed by atoms with Crippen LogP contribution in [0.25, 0.3) is 11.3 Å². The number of benzene rings is 1. The molecule has 0 unspecified atom stereocenters. The molecule has 4 rings (SSSR count). The summed E-state index contributed by atoms with van der Waals surface area (Å²) in [6.07, 6.45) is 1.58. The highest BCUT2D eigenvalue weighted by molar-refractivity contribution is 5.92. The zero-order valence-electron chi connectivity index (χ0n) is 16.5. The minimum absolute atomic E-state index is 0.0979. The van der Waals surface area contributed by atoms with Crippen molar-refractivity contribution in [1.29, 1.82) is 0 Å². The first-order valence-electron chi connectivity index (χ1n) is 9.67. The van der Waals surface area contributed by atoms with E-state index < -0.39 is 0 Å². The number of ether oxygens (including phenoxy) is 1. The van der Waals surface area contributed by atoms with Crippen molar-refractivity contribution in [3.63, 3.8) is 0 Å². The fourth-order valence-corrected chi connectivity index (χ4v) is 3.33. The molecule has 29 heavy (non-hydrogen) atoms. The predicted octanol–water partition coefficient (Wildman–Crippen LogP) is 2.80. The number of nitrogens with zero attached hydrogens (tertiary/aromatic N) is 5. The molecule has 1 amide bonds. The smallest absolute Gasteiger partial charge is 0.276 e. The lowest BCUT2D eigenvalue weighted by Crippen LogP contribution is -2.49. The van der Waals surface area contributed by atoms with Gasteiger partial charge in [0.1, 0.15) is 23.7 Å². The first-order valence-corrected chi connectivity index (χ1v) is 9.67. The Hall–Kier alpha value is -3.42. The van der Waals surface area contributed by atoms with Crippen molar-refractivity contribution in [2.24, 2.45) is 0 Å². The molecule has 8 heteroatoms. The van der Waals surface area contributed by atoms with E-state index in [0.29, 0.717) is 44.2 Å². The molecule has 0 atom stereocenters. The zero-order valence-corrected chi connectivity index (χ0v) is 16.5. The fourth-order valence-electron chi connectivity index (χ4n) is 3.33. The number of anilines is 1. The van der Waals surface area contributed by atoms with Crippen LogP contribution in [0.5, 0.6) is 5.75 Å². The SMILES string of the molecule is CCOc1ccc(-c2cc(N3CCN(C(=O)c4cc(C)on4)CC3)ncn2)cc1. The van der Waals surface area contributed by atoms with E-state index in [4.69, 9.17) is 9.26 Å². The lowest BCUT2D eigenvalue weighted by atomic mass is 10.1. The highest BCUT2D eigenvalue weighted by atomic mass is 16.5. The third-order valence-corrected chi connectivity index (χ3v) is 4.85. The molecule has 2 aromatic heterocycles. The number of amides is 1. The highest BCUT2D eigenvalue weighted by Crippen LogP contribution is 2.24. The summed E-state index contributed by atoms with van der Waals surface area (Å²) in [5.41, 5.74) is 2.22. The Morgan fingerprint density at radius 1 is 1.10 bits per heavy atom. The molecular weight excluding hydrogens is 370 g/mol. The first-order chi connectivity index (χ1) is 14.1. The van der Waals surface area contributed by atoms with Gasteiger partial charge < -0.3 is 19.1 Å². The number of aryl methyl sites for hydroxylation is 1. The van der Waals surface area contributed by atoms with Crippen molar-refractivity contribution in [3.8, 4) is 17.0 Å². The topological polar surface area (TPSA) is 84.6 Å². The number of rotatable bonds is 5. The number of carbonyl (C=O) groups excluding carboxylic acids is 1. The molecule has 0 spiro atoms. The summed E-state index contributed by atoms with van der Waals surface area (Å²) in [7, 11) is 0. The van der Waals surface area contributed by atoms with Crippen molar-refractivity contribution in [2.75, 3.05) is 37.7 Å². The van der Waals surface area contributed by atoms with Crippen LogP contribution in [0, 0.1) is 6.92 Å². The van der Waals surface area contributed by atoms with Gasteiger partial charge in [0.25, 0.3) is 5.91 Å². The van der Waals surface area contributed by atoms with Crippen molar-refractivity contribution in [3.05, 3.63) is 54.2 Å². The number of aromatic nitrogens is 3. The van der Waals surface area contributed by atoms with Crippen LogP contribution in [0.1, 0.15) is 23.2 Å². The molecule has 0 saturated carbocycles. The molecule has 1 saturated heterocycles. The van der Waals surface area contributed by atoms with Crippen LogP contribution < -0.4 is 9.64 Å². The van der Waals surface area contributed by atoms with Gasteiger partial charge in [-0.25, -0.2) is 9.97 Å². The first kappa shape index (κ1) is 18.9. The molecular formula is C21H23N5O3. The quantitative estimate of drug-likeness (QED) is 0.659. The Labute approximate surface area is 169 Å². The molecule has 1 fully saturated rings. The second kappa shape index (κ2) is 8.30. The number of hydrogen-bond donors (Lipinski definition) is 0. The van der Waals surface area contributed by atoms with E-state index in [1.165, 1.54) is 0 Å². The molecule has 1 aromatic carbocycles. The minimum Gasteiger partial charge on any atom is -0.494 e. The number of carbonyl (C=O) groups is 1. The maximum atomic E-state index is 12.5. The summed E-state index contributed by atoms with van der Waals surface area (Å²) in [4.78, 5) is 25.3. The average molecular weight is 393 g/mol. The normalized spacial score (nSPS) is 14.1. The average Bonchev–Trinajstić information content (AvgIpc) is 3.20. The molecule has 3 aromatic rings. The third kappa shape index (κ3) is 4.21. The molecule has 8 nitrogen and oxygen atoms in total. The van der Waals surface area contributed by atoms with Gasteiger partial charge >= 0.3 is 0 Å². The van der Waals surface area contributed by atoms with E-state index in [9.17, 15) is 4.79 Å². The summed E-state index contributed by atoms with van der Waals surface area (Å²) in [6, 6.07) is 11.5. The molecule has 1 aliphatic rings. The second-order valence-corrected chi connectivity index (χ2v) is 6.82. The van der Waals surface area contributed by atoms with Crippen LogP contribution in [0.4, 0.5) is 5.82 Å². The van der Waals surface area contributed by atoms with Crippen LogP contribution in [0.15, 0.2) is 47.2 Å². The van der Waals surface area contributed by atoms with E-state index in [1.807, 2.05) is 37.3 Å². The van der Waals surface area contributed by atoms with Gasteiger partial charge in [0.05, 0.1) is 12.3 Å². The Morgan fingerprint density at radius 3 is 2.52 bits per heavy atom. The molecule has 0 bridgehead atoms. The lowest BCUT2D eigenvalue weighted by Gasteiger charge is -2.35. The number of hydrogen-bond acceptors (Lipinski definition) is 7. The van der Waals surface area contributed by atoms with Crippen molar-refractivity contribution >= 4 is 11.7 Å². The van der Waals surface area contributed by atoms with Gasteiger partial charge in [-0.3, -0.25) is 4.79 Å². The van der Waals surface area contributed by atoms with Crippen LogP contribution in [0.2, 0.25) is 0 Å². The summed E-state index contributed by atoms with van der Waals surface area (Å²) in [5.74, 6) is 2.23. The van der Waals surface area contributed by atoms with Gasteiger partial charge in [-0.15, -0.1) is 0 Å². The Bertz CT molecular complexity index is 978. The van der Waals surface area contributed by atoms with Crippen LogP contribution in [-0.4, -0.2) is 58.7 Å². The molecule has 3 heterocycles. The highest BCUT2D eigenvalue weighted by Gasteiger charge is 2.25. The molecule has 0 N–H and O–H groups in total. The van der Waals surface area contributed by atoms with Gasteiger partial charge in [0.2, 0.25) is 0 Å². The summed E-state index contributed by atoms with van der Waals surface area (Å²) >= 11 is 0. The predicted molar refractivity (Wildman–Crippen MR) is 108 cm³/mol. The van der Waals surface area contributed by atoms with Crippen molar-refractivity contribution in [1.82, 2.24) is 20.0 Å². The largest absolute Gasteiger partial charge is 0.494 e. The van der Waals surface area contributed by atoms with Gasteiger partial charge in [-0.1, -0.05) is 5.16 Å². The third-order valence-electron chi connectivity index (χ3n) is 4.85. The maximum absolute atomic E-state index is 12.5. The van der Waals surface area contributed by atoms with Crippen LogP contribution in [-0.2, 0) is 0 Å².